The van der Waals surface area contributed by atoms with E-state index in [1.54, 1.807) is 18.5 Å². The van der Waals surface area contributed by atoms with Crippen LogP contribution in [0.1, 0.15) is 18.4 Å². The highest BCUT2D eigenvalue weighted by molar-refractivity contribution is 6.05. The molecule has 0 bridgehead atoms. The van der Waals surface area contributed by atoms with Gasteiger partial charge in [-0.15, -0.1) is 0 Å². The second kappa shape index (κ2) is 7.10. The summed E-state index contributed by atoms with van der Waals surface area (Å²) in [5, 5.41) is 6.50. The fourth-order valence-corrected chi connectivity index (χ4v) is 3.47. The molecule has 8 heteroatoms. The number of amides is 2. The molecular weight excluding hydrogens is 364 g/mol. The Hall–Kier alpha value is -3.16. The van der Waals surface area contributed by atoms with Crippen LogP contribution in [0.3, 0.4) is 0 Å². The Morgan fingerprint density at radius 1 is 1.21 bits per heavy atom. The number of hydrogen-bond donors (Lipinski definition) is 3. The van der Waals surface area contributed by atoms with Crippen LogP contribution in [0.15, 0.2) is 42.7 Å². The second-order valence-corrected chi connectivity index (χ2v) is 7.03. The third-order valence-corrected chi connectivity index (χ3v) is 4.94. The summed E-state index contributed by atoms with van der Waals surface area (Å²) in [5.41, 5.74) is 2.99. The Kier molecular flexibility index (Phi) is 4.62. The number of pyridine rings is 1. The Bertz CT molecular complexity index is 1010. The number of carbonyl (C=O) groups excluding carboxylic acids is 1. The van der Waals surface area contributed by atoms with E-state index in [0.29, 0.717) is 17.2 Å². The topological polar surface area (TPSA) is 73.0 Å². The van der Waals surface area contributed by atoms with Gasteiger partial charge in [0.05, 0.1) is 17.6 Å². The Balaban J connectivity index is 1.42. The number of fused-ring (bicyclic) bond motifs is 1. The lowest BCUT2D eigenvalue weighted by Crippen LogP contribution is -2.40. The summed E-state index contributed by atoms with van der Waals surface area (Å²) in [6.07, 6.45) is 2.95. The van der Waals surface area contributed by atoms with Crippen LogP contribution in [0, 0.1) is 6.92 Å². The molecule has 1 aliphatic heterocycles. The SMILES string of the molecule is Cc1cc(NC(=O)Nc2c[nH]c3ccccc23)cnc1N1CCC(F)(F)CC1. The van der Waals surface area contributed by atoms with Crippen LogP contribution in [0.5, 0.6) is 0 Å². The van der Waals surface area contributed by atoms with E-state index in [4.69, 9.17) is 0 Å². The van der Waals surface area contributed by atoms with Crippen molar-refractivity contribution in [3.8, 4) is 0 Å². The smallest absolute Gasteiger partial charge is 0.323 e. The van der Waals surface area contributed by atoms with Crippen LogP contribution in [-0.4, -0.2) is 35.0 Å². The van der Waals surface area contributed by atoms with Gasteiger partial charge in [0, 0.05) is 43.0 Å². The first-order chi connectivity index (χ1) is 13.4. The number of halogens is 2. The number of aryl methyl sites for hydroxylation is 1. The van der Waals surface area contributed by atoms with Gasteiger partial charge in [-0.3, -0.25) is 0 Å². The zero-order valence-corrected chi connectivity index (χ0v) is 15.4. The van der Waals surface area contributed by atoms with Crippen LogP contribution in [0.2, 0.25) is 0 Å². The number of urea groups is 1. The molecule has 0 aliphatic carbocycles. The first kappa shape index (κ1) is 18.2. The van der Waals surface area contributed by atoms with Gasteiger partial charge in [-0.25, -0.2) is 18.6 Å². The van der Waals surface area contributed by atoms with Crippen molar-refractivity contribution in [2.45, 2.75) is 25.7 Å². The molecule has 28 heavy (non-hydrogen) atoms. The van der Waals surface area contributed by atoms with Crippen LogP contribution < -0.4 is 15.5 Å². The number of aromatic nitrogens is 2. The lowest BCUT2D eigenvalue weighted by atomic mass is 10.1. The molecule has 2 aromatic heterocycles. The van der Waals surface area contributed by atoms with Gasteiger partial charge in [-0.05, 0) is 24.6 Å². The summed E-state index contributed by atoms with van der Waals surface area (Å²) in [6, 6.07) is 9.09. The van der Waals surface area contributed by atoms with Crippen LogP contribution in [0.4, 0.5) is 30.8 Å². The maximum absolute atomic E-state index is 13.4. The molecule has 3 N–H and O–H groups in total. The lowest BCUT2D eigenvalue weighted by Gasteiger charge is -2.33. The number of anilines is 3. The van der Waals surface area contributed by atoms with Crippen molar-refractivity contribution >= 4 is 34.1 Å². The summed E-state index contributed by atoms with van der Waals surface area (Å²) in [7, 11) is 0. The van der Waals surface area contributed by atoms with Crippen molar-refractivity contribution < 1.29 is 13.6 Å². The number of benzene rings is 1. The zero-order chi connectivity index (χ0) is 19.7. The van der Waals surface area contributed by atoms with Crippen molar-refractivity contribution in [2.24, 2.45) is 0 Å². The molecule has 3 heterocycles. The van der Waals surface area contributed by atoms with Gasteiger partial charge in [-0.2, -0.15) is 0 Å². The summed E-state index contributed by atoms with van der Waals surface area (Å²) < 4.78 is 26.7. The van der Waals surface area contributed by atoms with E-state index in [9.17, 15) is 13.6 Å². The second-order valence-electron chi connectivity index (χ2n) is 7.03. The van der Waals surface area contributed by atoms with Gasteiger partial charge in [0.15, 0.2) is 0 Å². The maximum Gasteiger partial charge on any atom is 0.323 e. The van der Waals surface area contributed by atoms with Crippen LogP contribution >= 0.6 is 0 Å². The third kappa shape index (κ3) is 3.76. The van der Waals surface area contributed by atoms with Crippen molar-refractivity contribution in [3.05, 3.63) is 48.3 Å². The van der Waals surface area contributed by atoms with E-state index in [-0.39, 0.29) is 32.0 Å². The quantitative estimate of drug-likeness (QED) is 0.609. The summed E-state index contributed by atoms with van der Waals surface area (Å²) >= 11 is 0. The molecule has 6 nitrogen and oxygen atoms in total. The highest BCUT2D eigenvalue weighted by Gasteiger charge is 2.34. The van der Waals surface area contributed by atoms with Crippen molar-refractivity contribution in [3.63, 3.8) is 0 Å². The molecular formula is C20H21F2N5O. The van der Waals surface area contributed by atoms with Gasteiger partial charge in [0.2, 0.25) is 0 Å². The summed E-state index contributed by atoms with van der Waals surface area (Å²) in [6.45, 7) is 2.40. The van der Waals surface area contributed by atoms with Gasteiger partial charge < -0.3 is 20.5 Å². The predicted molar refractivity (Wildman–Crippen MR) is 106 cm³/mol. The van der Waals surface area contributed by atoms with E-state index >= 15 is 0 Å². The number of aromatic amines is 1. The Morgan fingerprint density at radius 3 is 2.71 bits per heavy atom. The first-order valence-electron chi connectivity index (χ1n) is 9.15. The number of hydrogen-bond acceptors (Lipinski definition) is 3. The number of piperidine rings is 1. The summed E-state index contributed by atoms with van der Waals surface area (Å²) in [4.78, 5) is 21.7. The number of nitrogens with zero attached hydrogens (tertiary/aromatic N) is 2. The standard InChI is InChI=1S/C20H21F2N5O/c1-13-10-14(11-24-18(13)27-8-6-20(21,22)7-9-27)25-19(28)26-17-12-23-16-5-3-2-4-15(16)17/h2-5,10-12,23H,6-9H2,1H3,(H2,25,26,28). The Morgan fingerprint density at radius 2 is 1.96 bits per heavy atom. The first-order valence-corrected chi connectivity index (χ1v) is 9.15. The fraction of sp³-hybridized carbons (Fsp3) is 0.300. The van der Waals surface area contributed by atoms with Crippen molar-refractivity contribution in [2.75, 3.05) is 28.6 Å². The van der Waals surface area contributed by atoms with E-state index in [1.165, 1.54) is 0 Å². The van der Waals surface area contributed by atoms with E-state index in [0.717, 1.165) is 16.5 Å². The number of carbonyl (C=O) groups is 1. The van der Waals surface area contributed by atoms with Crippen LogP contribution in [0.25, 0.3) is 10.9 Å². The molecule has 0 saturated carbocycles. The van der Waals surface area contributed by atoms with E-state index in [2.05, 4.69) is 20.6 Å². The molecule has 2 amide bonds. The molecule has 3 aromatic rings. The number of para-hydroxylation sites is 1. The van der Waals surface area contributed by atoms with E-state index < -0.39 is 5.92 Å². The third-order valence-electron chi connectivity index (χ3n) is 4.94. The predicted octanol–water partition coefficient (Wildman–Crippen LogP) is 4.75. The molecule has 0 radical (unpaired) electrons. The van der Waals surface area contributed by atoms with Gasteiger partial charge in [-0.1, -0.05) is 18.2 Å². The average Bonchev–Trinajstić information content (AvgIpc) is 3.05. The van der Waals surface area contributed by atoms with Gasteiger partial charge in [0.1, 0.15) is 5.82 Å². The Labute approximate surface area is 160 Å². The van der Waals surface area contributed by atoms with Crippen molar-refractivity contribution in [1.82, 2.24) is 9.97 Å². The molecule has 4 rings (SSSR count). The number of nitrogens with one attached hydrogen (secondary N) is 3. The molecule has 1 saturated heterocycles. The highest BCUT2D eigenvalue weighted by Crippen LogP contribution is 2.31. The highest BCUT2D eigenvalue weighted by atomic mass is 19.3. The molecule has 1 fully saturated rings. The molecule has 0 atom stereocenters. The molecule has 0 spiro atoms. The van der Waals surface area contributed by atoms with E-state index in [1.807, 2.05) is 36.1 Å². The normalized spacial score (nSPS) is 16.2. The monoisotopic (exact) mass is 385 g/mol. The minimum absolute atomic E-state index is 0.166. The maximum atomic E-state index is 13.4. The average molecular weight is 385 g/mol. The minimum Gasteiger partial charge on any atom is -0.359 e. The lowest BCUT2D eigenvalue weighted by molar-refractivity contribution is -0.0221. The van der Waals surface area contributed by atoms with Crippen molar-refractivity contribution in [1.29, 1.82) is 0 Å². The van der Waals surface area contributed by atoms with Gasteiger partial charge >= 0.3 is 6.03 Å². The molecule has 1 aliphatic rings. The summed E-state index contributed by atoms with van der Waals surface area (Å²) in [5.74, 6) is -1.91. The fourth-order valence-electron chi connectivity index (χ4n) is 3.47. The molecule has 1 aromatic carbocycles. The van der Waals surface area contributed by atoms with Gasteiger partial charge in [0.25, 0.3) is 5.92 Å². The number of rotatable bonds is 3. The minimum atomic E-state index is -2.59. The number of H-pyrrole nitrogens is 1. The zero-order valence-electron chi connectivity index (χ0n) is 15.4. The largest absolute Gasteiger partial charge is 0.359 e. The molecule has 146 valence electrons. The van der Waals surface area contributed by atoms with Crippen LogP contribution in [-0.2, 0) is 0 Å². The number of alkyl halides is 2. The molecule has 0 unspecified atom stereocenters.